The molecule has 0 aliphatic carbocycles. The molecule has 0 aromatic rings. The van der Waals surface area contributed by atoms with Crippen molar-refractivity contribution in [1.82, 2.24) is 10.2 Å². The summed E-state index contributed by atoms with van der Waals surface area (Å²) in [7, 11) is 1.79. The molecule has 0 saturated carbocycles. The van der Waals surface area contributed by atoms with Gasteiger partial charge in [0.1, 0.15) is 0 Å². The summed E-state index contributed by atoms with van der Waals surface area (Å²) in [6, 6.07) is 0.675. The average molecular weight is 228 g/mol. The Hall–Kier alpha value is -0.120. The van der Waals surface area contributed by atoms with Crippen LogP contribution in [0.3, 0.4) is 0 Å². The zero-order valence-corrected chi connectivity index (χ0v) is 11.3. The van der Waals surface area contributed by atoms with Gasteiger partial charge in [-0.3, -0.25) is 0 Å². The molecule has 3 atom stereocenters. The Balaban J connectivity index is 2.32. The molecule has 0 amide bonds. The highest BCUT2D eigenvalue weighted by Crippen LogP contribution is 2.13. The molecule has 96 valence electrons. The van der Waals surface area contributed by atoms with E-state index in [1.54, 1.807) is 7.11 Å². The minimum atomic E-state index is 0.640. The SMILES string of the molecule is CCC(C)C1CN(CC(C)COC)CCN1. The molecule has 1 heterocycles. The van der Waals surface area contributed by atoms with Crippen molar-refractivity contribution in [1.29, 1.82) is 0 Å². The van der Waals surface area contributed by atoms with E-state index in [1.165, 1.54) is 26.1 Å². The molecule has 1 N–H and O–H groups in total. The number of hydrogen-bond acceptors (Lipinski definition) is 3. The van der Waals surface area contributed by atoms with Crippen molar-refractivity contribution in [2.75, 3.05) is 39.9 Å². The van der Waals surface area contributed by atoms with Crippen LogP contribution in [0.25, 0.3) is 0 Å². The molecule has 0 aromatic heterocycles. The number of methoxy groups -OCH3 is 1. The summed E-state index contributed by atoms with van der Waals surface area (Å²) in [5.41, 5.74) is 0. The summed E-state index contributed by atoms with van der Waals surface area (Å²) in [4.78, 5) is 2.58. The predicted molar refractivity (Wildman–Crippen MR) is 68.7 cm³/mol. The third-order valence-corrected chi connectivity index (χ3v) is 3.64. The van der Waals surface area contributed by atoms with Crippen LogP contribution in [0, 0.1) is 11.8 Å². The van der Waals surface area contributed by atoms with Crippen LogP contribution in [-0.2, 0) is 4.74 Å². The zero-order valence-electron chi connectivity index (χ0n) is 11.3. The van der Waals surface area contributed by atoms with Gasteiger partial charge in [-0.25, -0.2) is 0 Å². The molecule has 1 rings (SSSR count). The summed E-state index contributed by atoms with van der Waals surface area (Å²) in [5, 5.41) is 3.63. The molecule has 0 spiro atoms. The van der Waals surface area contributed by atoms with E-state index in [-0.39, 0.29) is 0 Å². The van der Waals surface area contributed by atoms with Crippen LogP contribution >= 0.6 is 0 Å². The van der Waals surface area contributed by atoms with Gasteiger partial charge >= 0.3 is 0 Å². The van der Waals surface area contributed by atoms with Crippen molar-refractivity contribution in [3.05, 3.63) is 0 Å². The van der Waals surface area contributed by atoms with Crippen molar-refractivity contribution in [2.24, 2.45) is 11.8 Å². The summed E-state index contributed by atoms with van der Waals surface area (Å²) < 4.78 is 5.20. The van der Waals surface area contributed by atoms with Crippen LogP contribution in [0.1, 0.15) is 27.2 Å². The molecule has 1 aliphatic heterocycles. The van der Waals surface area contributed by atoms with Gasteiger partial charge in [0, 0.05) is 45.9 Å². The maximum Gasteiger partial charge on any atom is 0.0500 e. The minimum absolute atomic E-state index is 0.640. The number of piperazine rings is 1. The van der Waals surface area contributed by atoms with Gasteiger partial charge in [0.15, 0.2) is 0 Å². The fraction of sp³-hybridized carbons (Fsp3) is 1.00. The van der Waals surface area contributed by atoms with Crippen LogP contribution in [0.5, 0.6) is 0 Å². The smallest absolute Gasteiger partial charge is 0.0500 e. The van der Waals surface area contributed by atoms with E-state index in [1.807, 2.05) is 0 Å². The summed E-state index contributed by atoms with van der Waals surface area (Å²) >= 11 is 0. The summed E-state index contributed by atoms with van der Waals surface area (Å²) in [6.45, 7) is 12.4. The normalized spacial score (nSPS) is 26.6. The second-order valence-electron chi connectivity index (χ2n) is 5.27. The van der Waals surface area contributed by atoms with Gasteiger partial charge in [0.25, 0.3) is 0 Å². The molecule has 1 fully saturated rings. The van der Waals surface area contributed by atoms with Gasteiger partial charge in [0.05, 0.1) is 0 Å². The van der Waals surface area contributed by atoms with E-state index in [0.29, 0.717) is 12.0 Å². The standard InChI is InChI=1S/C13H28N2O/c1-5-12(3)13-9-15(7-6-14-13)8-11(2)10-16-4/h11-14H,5-10H2,1-4H3. The zero-order chi connectivity index (χ0) is 12.0. The molecule has 3 unspecified atom stereocenters. The number of rotatable bonds is 6. The van der Waals surface area contributed by atoms with Crippen LogP contribution in [-0.4, -0.2) is 50.8 Å². The molecule has 0 bridgehead atoms. The van der Waals surface area contributed by atoms with Crippen LogP contribution < -0.4 is 5.32 Å². The highest BCUT2D eigenvalue weighted by molar-refractivity contribution is 4.82. The molecular weight excluding hydrogens is 200 g/mol. The Morgan fingerprint density at radius 1 is 1.44 bits per heavy atom. The lowest BCUT2D eigenvalue weighted by Gasteiger charge is -2.37. The Morgan fingerprint density at radius 3 is 2.81 bits per heavy atom. The van der Waals surface area contributed by atoms with E-state index >= 15 is 0 Å². The molecule has 3 nitrogen and oxygen atoms in total. The highest BCUT2D eigenvalue weighted by Gasteiger charge is 2.23. The lowest BCUT2D eigenvalue weighted by molar-refractivity contribution is 0.106. The molecule has 0 radical (unpaired) electrons. The summed E-state index contributed by atoms with van der Waals surface area (Å²) in [5.74, 6) is 1.42. The Kier molecular flexibility index (Phi) is 6.32. The van der Waals surface area contributed by atoms with Gasteiger partial charge in [0.2, 0.25) is 0 Å². The topological polar surface area (TPSA) is 24.5 Å². The first-order chi connectivity index (χ1) is 7.67. The van der Waals surface area contributed by atoms with Crippen LogP contribution in [0.15, 0.2) is 0 Å². The van der Waals surface area contributed by atoms with E-state index < -0.39 is 0 Å². The van der Waals surface area contributed by atoms with Crippen molar-refractivity contribution in [2.45, 2.75) is 33.2 Å². The van der Waals surface area contributed by atoms with Crippen molar-refractivity contribution < 1.29 is 4.74 Å². The van der Waals surface area contributed by atoms with E-state index in [9.17, 15) is 0 Å². The van der Waals surface area contributed by atoms with Crippen molar-refractivity contribution >= 4 is 0 Å². The largest absolute Gasteiger partial charge is 0.384 e. The van der Waals surface area contributed by atoms with Gasteiger partial charge in [-0.15, -0.1) is 0 Å². The van der Waals surface area contributed by atoms with Gasteiger partial charge in [-0.2, -0.15) is 0 Å². The van der Waals surface area contributed by atoms with Gasteiger partial charge in [-0.1, -0.05) is 27.2 Å². The van der Waals surface area contributed by atoms with Crippen LogP contribution in [0.2, 0.25) is 0 Å². The van der Waals surface area contributed by atoms with E-state index in [0.717, 1.165) is 19.1 Å². The number of ether oxygens (including phenoxy) is 1. The first kappa shape index (κ1) is 13.9. The van der Waals surface area contributed by atoms with Crippen molar-refractivity contribution in [3.63, 3.8) is 0 Å². The third-order valence-electron chi connectivity index (χ3n) is 3.64. The number of hydrogen-bond donors (Lipinski definition) is 1. The highest BCUT2D eigenvalue weighted by atomic mass is 16.5. The molecule has 1 aliphatic rings. The Labute approximate surface area is 101 Å². The first-order valence-electron chi connectivity index (χ1n) is 6.62. The lowest BCUT2D eigenvalue weighted by Crippen LogP contribution is -2.54. The maximum absolute atomic E-state index is 5.20. The van der Waals surface area contributed by atoms with E-state index in [4.69, 9.17) is 4.74 Å². The molecule has 0 aromatic carbocycles. The monoisotopic (exact) mass is 228 g/mol. The first-order valence-corrected chi connectivity index (χ1v) is 6.62. The van der Waals surface area contributed by atoms with Gasteiger partial charge < -0.3 is 15.0 Å². The average Bonchev–Trinajstić information content (AvgIpc) is 2.28. The second kappa shape index (κ2) is 7.25. The van der Waals surface area contributed by atoms with E-state index in [2.05, 4.69) is 31.0 Å². The Bertz CT molecular complexity index is 187. The molecular formula is C13H28N2O. The van der Waals surface area contributed by atoms with Crippen molar-refractivity contribution in [3.8, 4) is 0 Å². The second-order valence-corrected chi connectivity index (χ2v) is 5.27. The Morgan fingerprint density at radius 2 is 2.19 bits per heavy atom. The minimum Gasteiger partial charge on any atom is -0.384 e. The number of nitrogens with one attached hydrogen (secondary N) is 1. The fourth-order valence-electron chi connectivity index (χ4n) is 2.45. The maximum atomic E-state index is 5.20. The predicted octanol–water partition coefficient (Wildman–Crippen LogP) is 1.59. The summed E-state index contributed by atoms with van der Waals surface area (Å²) in [6.07, 6.45) is 1.26. The molecule has 16 heavy (non-hydrogen) atoms. The lowest BCUT2D eigenvalue weighted by atomic mass is 9.97. The van der Waals surface area contributed by atoms with Crippen LogP contribution in [0.4, 0.5) is 0 Å². The molecule has 3 heteroatoms. The quantitative estimate of drug-likeness (QED) is 0.747. The third kappa shape index (κ3) is 4.40. The number of nitrogens with zero attached hydrogens (tertiary/aromatic N) is 1. The molecule has 1 saturated heterocycles. The van der Waals surface area contributed by atoms with Gasteiger partial charge in [-0.05, 0) is 11.8 Å². The fourth-order valence-corrected chi connectivity index (χ4v) is 2.45.